The van der Waals surface area contributed by atoms with E-state index in [9.17, 15) is 5.11 Å². The Bertz CT molecular complexity index is 525. The summed E-state index contributed by atoms with van der Waals surface area (Å²) < 4.78 is 5.28. The average molecular weight is 232 g/mol. The van der Waals surface area contributed by atoms with Crippen LogP contribution in [0.3, 0.4) is 0 Å². The normalized spacial score (nSPS) is 20.1. The molecule has 1 aliphatic carbocycles. The minimum atomic E-state index is -0.131. The predicted molar refractivity (Wildman–Crippen MR) is 64.3 cm³/mol. The van der Waals surface area contributed by atoms with Crippen LogP contribution in [-0.2, 0) is 0 Å². The van der Waals surface area contributed by atoms with E-state index in [1.54, 1.807) is 0 Å². The summed E-state index contributed by atoms with van der Waals surface area (Å²) in [6.07, 6.45) is 4.59. The van der Waals surface area contributed by atoms with E-state index in [4.69, 9.17) is 10.2 Å². The summed E-state index contributed by atoms with van der Waals surface area (Å²) in [5, 5.41) is 9.53. The van der Waals surface area contributed by atoms with Crippen LogP contribution in [-0.4, -0.2) is 16.7 Å². The van der Waals surface area contributed by atoms with E-state index in [0.717, 1.165) is 35.9 Å². The molecule has 0 aliphatic heterocycles. The van der Waals surface area contributed by atoms with Gasteiger partial charge in [-0.15, -0.1) is 0 Å². The molecule has 2 aromatic rings. The van der Waals surface area contributed by atoms with Crippen LogP contribution in [0, 0.1) is 5.41 Å². The molecule has 1 aromatic heterocycles. The van der Waals surface area contributed by atoms with Crippen LogP contribution in [0.25, 0.3) is 11.1 Å². The minimum absolute atomic E-state index is 0.129. The molecule has 1 saturated carbocycles. The maximum absolute atomic E-state index is 9.53. The number of aliphatic hydroxyl groups is 1. The number of nitrogens with two attached hydrogens (primary N) is 1. The lowest BCUT2D eigenvalue weighted by Crippen LogP contribution is -2.43. The first kappa shape index (κ1) is 10.7. The van der Waals surface area contributed by atoms with E-state index in [1.807, 2.05) is 18.2 Å². The molecule has 3 rings (SSSR count). The molecule has 1 heterocycles. The summed E-state index contributed by atoms with van der Waals surface area (Å²) in [5.74, 6) is 0. The Morgan fingerprint density at radius 3 is 2.94 bits per heavy atom. The maximum atomic E-state index is 9.53. The Morgan fingerprint density at radius 1 is 1.47 bits per heavy atom. The lowest BCUT2D eigenvalue weighted by Gasteiger charge is -2.45. The number of fused-ring (bicyclic) bond motifs is 1. The van der Waals surface area contributed by atoms with Crippen molar-refractivity contribution in [3.8, 4) is 0 Å². The molecule has 1 aliphatic rings. The third-order valence-corrected chi connectivity index (χ3v) is 4.04. The van der Waals surface area contributed by atoms with Gasteiger partial charge in [-0.3, -0.25) is 0 Å². The highest BCUT2D eigenvalue weighted by molar-refractivity contribution is 5.72. The van der Waals surface area contributed by atoms with Crippen molar-refractivity contribution in [3.05, 3.63) is 30.2 Å². The zero-order valence-corrected chi connectivity index (χ0v) is 9.60. The Hall–Kier alpha value is -1.39. The highest BCUT2D eigenvalue weighted by Gasteiger charge is 2.42. The largest absolute Gasteiger partial charge is 0.443 e. The Kier molecular flexibility index (Phi) is 2.42. The number of benzene rings is 1. The first-order valence-corrected chi connectivity index (χ1v) is 5.95. The minimum Gasteiger partial charge on any atom is -0.443 e. The van der Waals surface area contributed by atoms with Crippen molar-refractivity contribution in [1.82, 2.24) is 4.98 Å². The van der Waals surface area contributed by atoms with Gasteiger partial charge in [-0.2, -0.15) is 0 Å². The molecule has 0 saturated heterocycles. The lowest BCUT2D eigenvalue weighted by atomic mass is 9.63. The smallest absolute Gasteiger partial charge is 0.181 e. The van der Waals surface area contributed by atoms with Gasteiger partial charge in [-0.05, 0) is 30.5 Å². The highest BCUT2D eigenvalue weighted by Crippen LogP contribution is 2.48. The van der Waals surface area contributed by atoms with E-state index in [-0.39, 0.29) is 18.1 Å². The fourth-order valence-corrected chi connectivity index (χ4v) is 2.62. The van der Waals surface area contributed by atoms with Gasteiger partial charge in [0, 0.05) is 11.5 Å². The molecule has 1 unspecified atom stereocenters. The summed E-state index contributed by atoms with van der Waals surface area (Å²) in [5.41, 5.74) is 8.76. The quantitative estimate of drug-likeness (QED) is 0.848. The van der Waals surface area contributed by atoms with Crippen LogP contribution in [0.5, 0.6) is 0 Å². The zero-order chi connectivity index (χ0) is 11.9. The van der Waals surface area contributed by atoms with Crippen LogP contribution < -0.4 is 5.73 Å². The van der Waals surface area contributed by atoms with Crippen molar-refractivity contribution < 1.29 is 9.52 Å². The van der Waals surface area contributed by atoms with Crippen molar-refractivity contribution in [2.24, 2.45) is 11.1 Å². The van der Waals surface area contributed by atoms with Crippen LogP contribution in [0.2, 0.25) is 0 Å². The van der Waals surface area contributed by atoms with E-state index in [2.05, 4.69) is 4.98 Å². The number of hydrogen-bond donors (Lipinski definition) is 2. The van der Waals surface area contributed by atoms with Gasteiger partial charge in [0.1, 0.15) is 5.52 Å². The second-order valence-electron chi connectivity index (χ2n) is 4.93. The van der Waals surface area contributed by atoms with E-state index in [1.165, 1.54) is 6.39 Å². The fourth-order valence-electron chi connectivity index (χ4n) is 2.62. The molecule has 0 bridgehead atoms. The third kappa shape index (κ3) is 1.56. The van der Waals surface area contributed by atoms with Crippen LogP contribution in [0.1, 0.15) is 30.9 Å². The Morgan fingerprint density at radius 2 is 2.29 bits per heavy atom. The fraction of sp³-hybridized carbons (Fsp3) is 0.462. The summed E-state index contributed by atoms with van der Waals surface area (Å²) in [7, 11) is 0. The standard InChI is InChI=1S/C13H16N2O2/c14-12(13(7-16)4-1-5-13)9-2-3-10-11(6-9)17-8-15-10/h2-3,6,8,12,16H,1,4-5,7,14H2. The first-order valence-electron chi connectivity index (χ1n) is 5.95. The molecule has 0 spiro atoms. The zero-order valence-electron chi connectivity index (χ0n) is 9.60. The summed E-state index contributed by atoms with van der Waals surface area (Å²) in [6.45, 7) is 0.155. The topological polar surface area (TPSA) is 72.3 Å². The molecule has 0 radical (unpaired) electrons. The van der Waals surface area contributed by atoms with Gasteiger partial charge in [0.25, 0.3) is 0 Å². The molecule has 17 heavy (non-hydrogen) atoms. The molecule has 0 amide bonds. The highest BCUT2D eigenvalue weighted by atomic mass is 16.3. The molecule has 90 valence electrons. The number of hydrogen-bond acceptors (Lipinski definition) is 4. The summed E-state index contributed by atoms with van der Waals surface area (Å²) >= 11 is 0. The van der Waals surface area contributed by atoms with E-state index < -0.39 is 0 Å². The van der Waals surface area contributed by atoms with Gasteiger partial charge >= 0.3 is 0 Å². The molecular weight excluding hydrogens is 216 g/mol. The van der Waals surface area contributed by atoms with Crippen LogP contribution in [0.4, 0.5) is 0 Å². The van der Waals surface area contributed by atoms with Gasteiger partial charge < -0.3 is 15.3 Å². The van der Waals surface area contributed by atoms with Gasteiger partial charge in [-0.25, -0.2) is 4.98 Å². The van der Waals surface area contributed by atoms with Crippen LogP contribution >= 0.6 is 0 Å². The molecule has 3 N–H and O–H groups in total. The second-order valence-corrected chi connectivity index (χ2v) is 4.93. The SMILES string of the molecule is NC(c1ccc2ncoc2c1)C1(CO)CCC1. The number of aromatic nitrogens is 1. The monoisotopic (exact) mass is 232 g/mol. The number of nitrogens with zero attached hydrogens (tertiary/aromatic N) is 1. The third-order valence-electron chi connectivity index (χ3n) is 4.04. The lowest BCUT2D eigenvalue weighted by molar-refractivity contribution is 0.0184. The first-order chi connectivity index (χ1) is 8.25. The van der Waals surface area contributed by atoms with Crippen molar-refractivity contribution in [2.75, 3.05) is 6.61 Å². The van der Waals surface area contributed by atoms with Gasteiger partial charge in [0.15, 0.2) is 12.0 Å². The Labute approximate surface area is 99.4 Å². The van der Waals surface area contributed by atoms with Crippen molar-refractivity contribution in [2.45, 2.75) is 25.3 Å². The summed E-state index contributed by atoms with van der Waals surface area (Å²) in [4.78, 5) is 4.08. The van der Waals surface area contributed by atoms with Crippen molar-refractivity contribution in [3.63, 3.8) is 0 Å². The number of rotatable bonds is 3. The average Bonchev–Trinajstić information content (AvgIpc) is 2.74. The van der Waals surface area contributed by atoms with Gasteiger partial charge in [0.05, 0.1) is 6.61 Å². The molecule has 4 nitrogen and oxygen atoms in total. The maximum Gasteiger partial charge on any atom is 0.181 e. The Balaban J connectivity index is 1.97. The molecule has 4 heteroatoms. The predicted octanol–water partition coefficient (Wildman–Crippen LogP) is 1.99. The van der Waals surface area contributed by atoms with Crippen molar-refractivity contribution in [1.29, 1.82) is 0 Å². The number of aliphatic hydroxyl groups excluding tert-OH is 1. The van der Waals surface area contributed by atoms with E-state index >= 15 is 0 Å². The number of oxazole rings is 1. The second kappa shape index (κ2) is 3.82. The van der Waals surface area contributed by atoms with Gasteiger partial charge in [0.2, 0.25) is 0 Å². The summed E-state index contributed by atoms with van der Waals surface area (Å²) in [6, 6.07) is 5.70. The van der Waals surface area contributed by atoms with E-state index in [0.29, 0.717) is 0 Å². The van der Waals surface area contributed by atoms with Gasteiger partial charge in [-0.1, -0.05) is 12.5 Å². The molecular formula is C13H16N2O2. The van der Waals surface area contributed by atoms with Crippen molar-refractivity contribution >= 4 is 11.1 Å². The molecule has 1 aromatic carbocycles. The molecule has 1 atom stereocenters. The molecule has 1 fully saturated rings. The van der Waals surface area contributed by atoms with Crippen LogP contribution in [0.15, 0.2) is 29.0 Å².